The van der Waals surface area contributed by atoms with Gasteiger partial charge in [0, 0.05) is 12.0 Å². The normalized spacial score (nSPS) is 38.1. The fourth-order valence-corrected chi connectivity index (χ4v) is 4.69. The van der Waals surface area contributed by atoms with Gasteiger partial charge in [-0.25, -0.2) is 0 Å². The highest BCUT2D eigenvalue weighted by molar-refractivity contribution is 6.06. The molecule has 0 aromatic rings. The summed E-state index contributed by atoms with van der Waals surface area (Å²) in [4.78, 5) is 26.5. The van der Waals surface area contributed by atoms with Gasteiger partial charge in [0.1, 0.15) is 0 Å². The number of allylic oxidation sites excluding steroid dienone is 2. The molecule has 4 atom stereocenters. The van der Waals surface area contributed by atoms with E-state index >= 15 is 0 Å². The molecule has 4 unspecified atom stereocenters. The molecule has 110 valence electrons. The summed E-state index contributed by atoms with van der Waals surface area (Å²) >= 11 is 0. The van der Waals surface area contributed by atoms with Crippen molar-refractivity contribution in [1.82, 2.24) is 4.90 Å². The topological polar surface area (TPSA) is 37.4 Å². The van der Waals surface area contributed by atoms with E-state index in [0.717, 1.165) is 12.8 Å². The minimum Gasteiger partial charge on any atom is -0.282 e. The van der Waals surface area contributed by atoms with E-state index in [1.54, 1.807) is 0 Å². The van der Waals surface area contributed by atoms with Crippen molar-refractivity contribution in [2.45, 2.75) is 52.4 Å². The molecule has 1 saturated heterocycles. The average Bonchev–Trinajstić information content (AvgIpc) is 3.06. The highest BCUT2D eigenvalue weighted by Crippen LogP contribution is 2.61. The Morgan fingerprint density at radius 2 is 2.00 bits per heavy atom. The SMILES string of the molecule is CCCCCCC12C=CC(C1)C1C(=O)N(CC)C(=O)C12. The molecule has 3 aliphatic rings. The maximum absolute atomic E-state index is 12.6. The molecular formula is C17H25NO2. The van der Waals surface area contributed by atoms with Gasteiger partial charge in [-0.15, -0.1) is 0 Å². The molecule has 2 aliphatic carbocycles. The van der Waals surface area contributed by atoms with Gasteiger partial charge in [-0.05, 0) is 25.7 Å². The molecule has 3 heteroatoms. The fourth-order valence-electron chi connectivity index (χ4n) is 4.69. The van der Waals surface area contributed by atoms with Crippen LogP contribution in [0.1, 0.15) is 52.4 Å². The van der Waals surface area contributed by atoms with Gasteiger partial charge in [-0.3, -0.25) is 14.5 Å². The molecule has 2 bridgehead atoms. The molecule has 0 aromatic heterocycles. The number of amides is 2. The fraction of sp³-hybridized carbons (Fsp3) is 0.765. The number of likely N-dealkylation sites (tertiary alicyclic amines) is 1. The summed E-state index contributed by atoms with van der Waals surface area (Å²) in [6.07, 6.45) is 11.5. The van der Waals surface area contributed by atoms with E-state index < -0.39 is 0 Å². The van der Waals surface area contributed by atoms with E-state index in [9.17, 15) is 9.59 Å². The number of carbonyl (C=O) groups is 2. The van der Waals surface area contributed by atoms with E-state index in [4.69, 9.17) is 0 Å². The Morgan fingerprint density at radius 3 is 2.70 bits per heavy atom. The van der Waals surface area contributed by atoms with Crippen LogP contribution in [0, 0.1) is 23.2 Å². The summed E-state index contributed by atoms with van der Waals surface area (Å²) in [5.41, 5.74) is -0.000260. The number of fused-ring (bicyclic) bond motifs is 5. The molecule has 3 rings (SSSR count). The van der Waals surface area contributed by atoms with Crippen molar-refractivity contribution in [2.24, 2.45) is 23.2 Å². The van der Waals surface area contributed by atoms with Crippen molar-refractivity contribution in [2.75, 3.05) is 6.54 Å². The lowest BCUT2D eigenvalue weighted by Gasteiger charge is -2.30. The van der Waals surface area contributed by atoms with Gasteiger partial charge in [-0.1, -0.05) is 44.8 Å². The minimum atomic E-state index is -0.0495. The van der Waals surface area contributed by atoms with Crippen LogP contribution in [-0.2, 0) is 9.59 Å². The highest BCUT2D eigenvalue weighted by atomic mass is 16.2. The van der Waals surface area contributed by atoms with Crippen molar-refractivity contribution in [3.05, 3.63) is 12.2 Å². The third-order valence-corrected chi connectivity index (χ3v) is 5.63. The minimum absolute atomic E-state index is 0.000260. The van der Waals surface area contributed by atoms with Gasteiger partial charge < -0.3 is 0 Å². The van der Waals surface area contributed by atoms with E-state index in [1.165, 1.54) is 30.6 Å². The van der Waals surface area contributed by atoms with Crippen LogP contribution in [0.4, 0.5) is 0 Å². The first-order valence-electron chi connectivity index (χ1n) is 8.19. The molecule has 0 spiro atoms. The van der Waals surface area contributed by atoms with Gasteiger partial charge in [0.05, 0.1) is 11.8 Å². The molecule has 0 N–H and O–H groups in total. The lowest BCUT2D eigenvalue weighted by atomic mass is 9.71. The van der Waals surface area contributed by atoms with E-state index in [2.05, 4.69) is 19.1 Å². The van der Waals surface area contributed by atoms with Crippen LogP contribution in [0.3, 0.4) is 0 Å². The molecular weight excluding hydrogens is 250 g/mol. The molecule has 1 heterocycles. The summed E-state index contributed by atoms with van der Waals surface area (Å²) in [5, 5.41) is 0. The molecule has 0 aromatic carbocycles. The molecule has 0 radical (unpaired) electrons. The summed E-state index contributed by atoms with van der Waals surface area (Å²) in [7, 11) is 0. The quantitative estimate of drug-likeness (QED) is 0.424. The number of nitrogens with zero attached hydrogens (tertiary/aromatic N) is 1. The average molecular weight is 275 g/mol. The first-order valence-corrected chi connectivity index (χ1v) is 8.19. The Morgan fingerprint density at radius 1 is 1.20 bits per heavy atom. The van der Waals surface area contributed by atoms with Gasteiger partial charge in [0.25, 0.3) is 0 Å². The van der Waals surface area contributed by atoms with E-state index in [1.807, 2.05) is 6.92 Å². The lowest BCUT2D eigenvalue weighted by molar-refractivity contribution is -0.140. The van der Waals surface area contributed by atoms with Crippen molar-refractivity contribution in [3.8, 4) is 0 Å². The zero-order valence-corrected chi connectivity index (χ0v) is 12.6. The van der Waals surface area contributed by atoms with E-state index in [-0.39, 0.29) is 29.1 Å². The van der Waals surface area contributed by atoms with Crippen LogP contribution in [0.15, 0.2) is 12.2 Å². The molecule has 1 saturated carbocycles. The van der Waals surface area contributed by atoms with E-state index in [0.29, 0.717) is 12.5 Å². The van der Waals surface area contributed by atoms with Crippen molar-refractivity contribution in [3.63, 3.8) is 0 Å². The second kappa shape index (κ2) is 5.01. The lowest BCUT2D eigenvalue weighted by Crippen LogP contribution is -2.35. The highest BCUT2D eigenvalue weighted by Gasteiger charge is 2.65. The van der Waals surface area contributed by atoms with Crippen LogP contribution >= 0.6 is 0 Å². The van der Waals surface area contributed by atoms with Gasteiger partial charge in [0.15, 0.2) is 0 Å². The number of hydrogen-bond acceptors (Lipinski definition) is 2. The van der Waals surface area contributed by atoms with Crippen LogP contribution in [0.2, 0.25) is 0 Å². The van der Waals surface area contributed by atoms with Crippen molar-refractivity contribution < 1.29 is 9.59 Å². The molecule has 20 heavy (non-hydrogen) atoms. The van der Waals surface area contributed by atoms with Gasteiger partial charge in [-0.2, -0.15) is 0 Å². The summed E-state index contributed by atoms with van der Waals surface area (Å²) < 4.78 is 0. The third kappa shape index (κ3) is 1.78. The maximum Gasteiger partial charge on any atom is 0.233 e. The van der Waals surface area contributed by atoms with Crippen LogP contribution in [0.25, 0.3) is 0 Å². The number of carbonyl (C=O) groups excluding carboxylic acids is 2. The largest absolute Gasteiger partial charge is 0.282 e. The Kier molecular flexibility index (Phi) is 3.47. The number of hydrogen-bond donors (Lipinski definition) is 0. The Bertz CT molecular complexity index is 456. The third-order valence-electron chi connectivity index (χ3n) is 5.63. The summed E-state index contributed by atoms with van der Waals surface area (Å²) in [6.45, 7) is 4.65. The van der Waals surface area contributed by atoms with Crippen molar-refractivity contribution >= 4 is 11.8 Å². The van der Waals surface area contributed by atoms with Crippen LogP contribution in [-0.4, -0.2) is 23.3 Å². The van der Waals surface area contributed by atoms with Crippen molar-refractivity contribution in [1.29, 1.82) is 0 Å². The Balaban J connectivity index is 1.78. The zero-order chi connectivity index (χ0) is 14.3. The molecule has 2 fully saturated rings. The standard InChI is InChI=1S/C17H25NO2/c1-3-5-6-7-9-17-10-8-12(11-17)13-14(17)16(20)18(4-2)15(13)19/h8,10,12-14H,3-7,9,11H2,1-2H3. The maximum atomic E-state index is 12.6. The predicted octanol–water partition coefficient (Wildman–Crippen LogP) is 3.15. The monoisotopic (exact) mass is 275 g/mol. The molecule has 2 amide bonds. The van der Waals surface area contributed by atoms with Crippen LogP contribution in [0.5, 0.6) is 0 Å². The molecule has 3 nitrogen and oxygen atoms in total. The van der Waals surface area contributed by atoms with Crippen LogP contribution < -0.4 is 0 Å². The first-order chi connectivity index (χ1) is 9.64. The Labute approximate surface area is 121 Å². The molecule has 1 aliphatic heterocycles. The second-order valence-corrected chi connectivity index (χ2v) is 6.70. The second-order valence-electron chi connectivity index (χ2n) is 6.70. The van der Waals surface area contributed by atoms with Gasteiger partial charge >= 0.3 is 0 Å². The summed E-state index contributed by atoms with van der Waals surface area (Å²) in [5.74, 6) is 0.418. The Hall–Kier alpha value is -1.12. The number of rotatable bonds is 6. The predicted molar refractivity (Wildman–Crippen MR) is 77.8 cm³/mol. The number of imide groups is 1. The zero-order valence-electron chi connectivity index (χ0n) is 12.6. The first kappa shape index (κ1) is 13.8. The van der Waals surface area contributed by atoms with Gasteiger partial charge in [0.2, 0.25) is 11.8 Å². The summed E-state index contributed by atoms with van der Waals surface area (Å²) in [6, 6.07) is 0. The number of unbranched alkanes of at least 4 members (excludes halogenated alkanes) is 3. The smallest absolute Gasteiger partial charge is 0.233 e.